The van der Waals surface area contributed by atoms with Gasteiger partial charge in [0.25, 0.3) is 0 Å². The number of benzene rings is 3. The van der Waals surface area contributed by atoms with E-state index in [0.29, 0.717) is 5.56 Å². The van der Waals surface area contributed by atoms with Crippen molar-refractivity contribution in [2.45, 2.75) is 6.18 Å². The van der Waals surface area contributed by atoms with Crippen LogP contribution in [0.25, 0.3) is 22.0 Å². The normalized spacial score (nSPS) is 14.9. The summed E-state index contributed by atoms with van der Waals surface area (Å²) in [6, 6.07) is 17.8. The second-order valence-corrected chi connectivity index (χ2v) is 7.07. The van der Waals surface area contributed by atoms with Crippen molar-refractivity contribution in [1.82, 2.24) is 4.98 Å². The Balaban J connectivity index is 1.78. The molecule has 30 heavy (non-hydrogen) atoms. The van der Waals surface area contributed by atoms with Gasteiger partial charge in [0.15, 0.2) is 0 Å². The van der Waals surface area contributed by atoms with Crippen molar-refractivity contribution in [2.24, 2.45) is 4.99 Å². The predicted molar refractivity (Wildman–Crippen MR) is 112 cm³/mol. The number of rotatable bonds is 2. The zero-order chi connectivity index (χ0) is 20.9. The largest absolute Gasteiger partial charge is 0.508 e. The Morgan fingerprint density at radius 3 is 2.47 bits per heavy atom. The van der Waals surface area contributed by atoms with E-state index in [1.165, 1.54) is 12.1 Å². The molecule has 0 bridgehead atoms. The van der Waals surface area contributed by atoms with Gasteiger partial charge in [-0.2, -0.15) is 13.2 Å². The van der Waals surface area contributed by atoms with E-state index < -0.39 is 11.7 Å². The summed E-state index contributed by atoms with van der Waals surface area (Å²) in [5, 5.41) is 10.6. The maximum atomic E-state index is 13.1. The van der Waals surface area contributed by atoms with Gasteiger partial charge in [0.2, 0.25) is 0 Å². The lowest BCUT2D eigenvalue weighted by molar-refractivity contribution is -0.137. The zero-order valence-electron chi connectivity index (χ0n) is 15.5. The van der Waals surface area contributed by atoms with Crippen LogP contribution >= 0.6 is 0 Å². The molecule has 1 aliphatic heterocycles. The number of phenolic OH excluding ortho intramolecular Hbond substituents is 1. The van der Waals surface area contributed by atoms with E-state index in [1.54, 1.807) is 30.6 Å². The summed E-state index contributed by atoms with van der Waals surface area (Å²) in [5.74, 6) is 0.132. The van der Waals surface area contributed by atoms with E-state index >= 15 is 0 Å². The number of aromatic amines is 1. The second kappa shape index (κ2) is 6.62. The third-order valence-corrected chi connectivity index (χ3v) is 5.23. The summed E-state index contributed by atoms with van der Waals surface area (Å²) in [6.07, 6.45) is -0.846. The summed E-state index contributed by atoms with van der Waals surface area (Å²) >= 11 is 0. The molecule has 0 amide bonds. The number of para-hydroxylation sites is 1. The molecule has 0 aliphatic carbocycles. The molecule has 0 spiro atoms. The summed E-state index contributed by atoms with van der Waals surface area (Å²) in [4.78, 5) is 7.62. The van der Waals surface area contributed by atoms with E-state index in [4.69, 9.17) is 0 Å². The molecule has 0 saturated carbocycles. The molecule has 2 heterocycles. The van der Waals surface area contributed by atoms with Crippen LogP contribution in [-0.2, 0) is 6.18 Å². The van der Waals surface area contributed by atoms with Gasteiger partial charge < -0.3 is 10.1 Å². The van der Waals surface area contributed by atoms with Gasteiger partial charge in [-0.1, -0.05) is 30.3 Å². The highest BCUT2D eigenvalue weighted by molar-refractivity contribution is 6.27. The number of alkyl halides is 3. The number of nitrogens with zero attached hydrogens (tertiary/aromatic N) is 1. The second-order valence-electron chi connectivity index (χ2n) is 7.07. The number of aliphatic imine (C=N–C) groups is 1. The van der Waals surface area contributed by atoms with Gasteiger partial charge in [0.05, 0.1) is 11.3 Å². The first kappa shape index (κ1) is 18.2. The molecule has 1 aliphatic rings. The number of hydrogen-bond acceptors (Lipinski definition) is 2. The summed E-state index contributed by atoms with van der Waals surface area (Å²) in [6.45, 7) is 0. The Morgan fingerprint density at radius 2 is 1.70 bits per heavy atom. The lowest BCUT2D eigenvalue weighted by Gasteiger charge is -2.13. The summed E-state index contributed by atoms with van der Waals surface area (Å²) in [7, 11) is 0. The molecule has 6 heteroatoms. The minimum absolute atomic E-state index is 0.132. The SMILES string of the molecule is Oc1ccc2c(C(=C3C=Nc4ccccc43)c3ccc(C(F)(F)F)cc3)c[nH]c2c1. The average Bonchev–Trinajstić information content (AvgIpc) is 3.33. The standard InChI is InChI=1S/C24H15F3N2O/c25-24(26,27)15-7-5-14(6-8-15)23(19-12-28-21-4-2-1-3-17(19)21)20-13-29-22-11-16(30)9-10-18(20)22/h1-13,29-30H. The van der Waals surface area contributed by atoms with E-state index in [9.17, 15) is 18.3 Å². The highest BCUT2D eigenvalue weighted by Gasteiger charge is 2.30. The van der Waals surface area contributed by atoms with Crippen molar-refractivity contribution in [3.05, 3.63) is 95.2 Å². The maximum Gasteiger partial charge on any atom is 0.416 e. The number of H-pyrrole nitrogens is 1. The van der Waals surface area contributed by atoms with Crippen molar-refractivity contribution in [1.29, 1.82) is 0 Å². The molecule has 3 nitrogen and oxygen atoms in total. The summed E-state index contributed by atoms with van der Waals surface area (Å²) < 4.78 is 39.2. The van der Waals surface area contributed by atoms with Gasteiger partial charge in [-0.3, -0.25) is 4.99 Å². The van der Waals surface area contributed by atoms with E-state index in [1.807, 2.05) is 24.3 Å². The third kappa shape index (κ3) is 2.97. The molecule has 4 aromatic rings. The Labute approximate surface area is 169 Å². The molecule has 2 N–H and O–H groups in total. The molecule has 0 atom stereocenters. The van der Waals surface area contributed by atoms with E-state index in [-0.39, 0.29) is 5.75 Å². The quantitative estimate of drug-likeness (QED) is 0.390. The highest BCUT2D eigenvalue weighted by Crippen LogP contribution is 2.42. The van der Waals surface area contributed by atoms with Crippen molar-refractivity contribution in [2.75, 3.05) is 0 Å². The molecular formula is C24H15F3N2O. The van der Waals surface area contributed by atoms with Crippen LogP contribution in [0.3, 0.4) is 0 Å². The lowest BCUT2D eigenvalue weighted by atomic mass is 9.89. The van der Waals surface area contributed by atoms with Crippen molar-refractivity contribution >= 4 is 34.0 Å². The minimum Gasteiger partial charge on any atom is -0.508 e. The summed E-state index contributed by atoms with van der Waals surface area (Å²) in [5.41, 5.74) is 4.85. The van der Waals surface area contributed by atoms with Crippen LogP contribution in [0, 0.1) is 0 Å². The van der Waals surface area contributed by atoms with Crippen LogP contribution in [0.2, 0.25) is 0 Å². The van der Waals surface area contributed by atoms with Crippen LogP contribution in [0.4, 0.5) is 18.9 Å². The van der Waals surface area contributed by atoms with Gasteiger partial charge in [-0.25, -0.2) is 0 Å². The number of halogens is 3. The van der Waals surface area contributed by atoms with Gasteiger partial charge in [0.1, 0.15) is 5.75 Å². The Bertz CT molecular complexity index is 1330. The monoisotopic (exact) mass is 404 g/mol. The topological polar surface area (TPSA) is 48.4 Å². The number of nitrogens with one attached hydrogen (secondary N) is 1. The smallest absolute Gasteiger partial charge is 0.416 e. The average molecular weight is 404 g/mol. The molecule has 0 unspecified atom stereocenters. The molecule has 5 rings (SSSR count). The first-order valence-electron chi connectivity index (χ1n) is 9.28. The number of aromatic hydroxyl groups is 1. The van der Waals surface area contributed by atoms with E-state index in [2.05, 4.69) is 9.98 Å². The molecule has 148 valence electrons. The third-order valence-electron chi connectivity index (χ3n) is 5.23. The number of phenols is 1. The minimum atomic E-state index is -4.40. The predicted octanol–water partition coefficient (Wildman–Crippen LogP) is 6.57. The van der Waals surface area contributed by atoms with Crippen LogP contribution in [-0.4, -0.2) is 16.3 Å². The molecule has 3 aromatic carbocycles. The first-order chi connectivity index (χ1) is 14.4. The molecule has 1 aromatic heterocycles. The van der Waals surface area contributed by atoms with Crippen LogP contribution in [0.15, 0.2) is 77.9 Å². The van der Waals surface area contributed by atoms with Crippen molar-refractivity contribution in [3.8, 4) is 5.75 Å². The van der Waals surface area contributed by atoms with E-state index in [0.717, 1.165) is 51.0 Å². The van der Waals surface area contributed by atoms with Gasteiger partial charge in [0, 0.05) is 51.7 Å². The Morgan fingerprint density at radius 1 is 0.933 bits per heavy atom. The molecule has 0 radical (unpaired) electrons. The fourth-order valence-electron chi connectivity index (χ4n) is 3.82. The molecule has 0 fully saturated rings. The van der Waals surface area contributed by atoms with Gasteiger partial charge in [-0.05, 0) is 35.9 Å². The van der Waals surface area contributed by atoms with Gasteiger partial charge >= 0.3 is 6.18 Å². The fraction of sp³-hybridized carbons (Fsp3) is 0.0417. The number of allylic oxidation sites excluding steroid dienone is 1. The fourth-order valence-corrected chi connectivity index (χ4v) is 3.82. The zero-order valence-corrected chi connectivity index (χ0v) is 15.5. The Hall–Kier alpha value is -3.80. The number of aromatic nitrogens is 1. The van der Waals surface area contributed by atoms with Crippen LogP contribution in [0.1, 0.15) is 22.3 Å². The number of hydrogen-bond donors (Lipinski definition) is 2. The van der Waals surface area contributed by atoms with Crippen molar-refractivity contribution < 1.29 is 18.3 Å². The number of fused-ring (bicyclic) bond motifs is 2. The molecule has 0 saturated heterocycles. The first-order valence-corrected chi connectivity index (χ1v) is 9.28. The Kier molecular flexibility index (Phi) is 4.03. The van der Waals surface area contributed by atoms with Crippen LogP contribution < -0.4 is 0 Å². The lowest BCUT2D eigenvalue weighted by Crippen LogP contribution is -2.04. The molecular weight excluding hydrogens is 389 g/mol. The van der Waals surface area contributed by atoms with Gasteiger partial charge in [-0.15, -0.1) is 0 Å². The maximum absolute atomic E-state index is 13.1. The van der Waals surface area contributed by atoms with Crippen LogP contribution in [0.5, 0.6) is 5.75 Å². The van der Waals surface area contributed by atoms with Crippen molar-refractivity contribution in [3.63, 3.8) is 0 Å². The highest BCUT2D eigenvalue weighted by atomic mass is 19.4.